The van der Waals surface area contributed by atoms with Crippen LogP contribution in [0.4, 0.5) is 0 Å². The van der Waals surface area contributed by atoms with Crippen LogP contribution < -0.4 is 10.6 Å². The van der Waals surface area contributed by atoms with E-state index in [2.05, 4.69) is 20.4 Å². The summed E-state index contributed by atoms with van der Waals surface area (Å²) in [4.78, 5) is 21.5. The van der Waals surface area contributed by atoms with Gasteiger partial charge in [-0.3, -0.25) is 14.7 Å². The first kappa shape index (κ1) is 21.2. The van der Waals surface area contributed by atoms with Crippen LogP contribution in [0.5, 0.6) is 0 Å². The van der Waals surface area contributed by atoms with Crippen molar-refractivity contribution in [3.05, 3.63) is 24.2 Å². The second-order valence-electron chi connectivity index (χ2n) is 8.51. The van der Waals surface area contributed by atoms with Crippen molar-refractivity contribution in [1.29, 1.82) is 0 Å². The van der Waals surface area contributed by atoms with Gasteiger partial charge in [0.25, 0.3) is 0 Å². The minimum absolute atomic E-state index is 0.158. The lowest BCUT2D eigenvalue weighted by molar-refractivity contribution is -0.122. The van der Waals surface area contributed by atoms with Crippen molar-refractivity contribution in [2.75, 3.05) is 52.4 Å². The number of amides is 1. The van der Waals surface area contributed by atoms with Gasteiger partial charge in [0.1, 0.15) is 5.76 Å². The quantitative estimate of drug-likeness (QED) is 0.489. The molecule has 0 aromatic carbocycles. The van der Waals surface area contributed by atoms with Crippen LogP contribution in [-0.4, -0.2) is 86.2 Å². The van der Waals surface area contributed by atoms with E-state index in [0.717, 1.165) is 83.2 Å². The minimum atomic E-state index is 0.158. The highest BCUT2D eigenvalue weighted by atomic mass is 16.5. The molecular formula is C22H35N5O3. The molecule has 3 aliphatic rings. The molecule has 3 heterocycles. The van der Waals surface area contributed by atoms with Gasteiger partial charge in [0, 0.05) is 51.8 Å². The third-order valence-electron chi connectivity index (χ3n) is 5.93. The molecule has 1 aromatic heterocycles. The number of piperazine rings is 1. The number of guanidine groups is 1. The monoisotopic (exact) mass is 417 g/mol. The number of ether oxygens (including phenoxy) is 1. The Bertz CT molecular complexity index is 675. The smallest absolute Gasteiger partial charge is 0.234 e. The van der Waals surface area contributed by atoms with Crippen LogP contribution in [0.15, 0.2) is 27.8 Å². The highest BCUT2D eigenvalue weighted by Gasteiger charge is 2.26. The lowest BCUT2D eigenvalue weighted by Gasteiger charge is -2.36. The summed E-state index contributed by atoms with van der Waals surface area (Å²) in [5.41, 5.74) is 0. The van der Waals surface area contributed by atoms with E-state index in [4.69, 9.17) is 14.1 Å². The van der Waals surface area contributed by atoms with E-state index >= 15 is 0 Å². The van der Waals surface area contributed by atoms with Crippen molar-refractivity contribution >= 4 is 11.9 Å². The summed E-state index contributed by atoms with van der Waals surface area (Å²) < 4.78 is 11.3. The predicted octanol–water partition coefficient (Wildman–Crippen LogP) is 1.23. The van der Waals surface area contributed by atoms with E-state index in [1.807, 2.05) is 12.1 Å². The molecular weight excluding hydrogens is 382 g/mol. The van der Waals surface area contributed by atoms with Gasteiger partial charge in [-0.1, -0.05) is 0 Å². The number of carbonyl (C=O) groups is 1. The number of nitrogens with zero attached hydrogens (tertiary/aromatic N) is 3. The van der Waals surface area contributed by atoms with Gasteiger partial charge in [0.2, 0.25) is 5.91 Å². The molecule has 0 bridgehead atoms. The Kier molecular flexibility index (Phi) is 7.64. The molecule has 30 heavy (non-hydrogen) atoms. The third-order valence-corrected chi connectivity index (χ3v) is 5.93. The van der Waals surface area contributed by atoms with Crippen LogP contribution in [0.3, 0.4) is 0 Å². The summed E-state index contributed by atoms with van der Waals surface area (Å²) in [6.07, 6.45) is 8.51. The van der Waals surface area contributed by atoms with Crippen LogP contribution in [-0.2, 0) is 16.0 Å². The number of nitrogens with one attached hydrogen (secondary N) is 2. The molecule has 2 aliphatic heterocycles. The number of hydrogen-bond donors (Lipinski definition) is 2. The second kappa shape index (κ2) is 10.8. The second-order valence-corrected chi connectivity index (χ2v) is 8.51. The summed E-state index contributed by atoms with van der Waals surface area (Å²) >= 11 is 0. The Morgan fingerprint density at radius 2 is 2.03 bits per heavy atom. The molecule has 1 atom stereocenters. The largest absolute Gasteiger partial charge is 0.469 e. The third kappa shape index (κ3) is 6.74. The minimum Gasteiger partial charge on any atom is -0.469 e. The molecule has 8 nitrogen and oxygen atoms in total. The Hall–Kier alpha value is -2.06. The first-order valence-corrected chi connectivity index (χ1v) is 11.5. The molecule has 1 aromatic rings. The van der Waals surface area contributed by atoms with E-state index in [0.29, 0.717) is 19.1 Å². The maximum absolute atomic E-state index is 12.1. The fraction of sp³-hybridized carbons (Fsp3) is 0.727. The fourth-order valence-corrected chi connectivity index (χ4v) is 3.98. The molecule has 4 rings (SSSR count). The lowest BCUT2D eigenvalue weighted by Crippen LogP contribution is -2.54. The van der Waals surface area contributed by atoms with Gasteiger partial charge in [-0.05, 0) is 44.2 Å². The SMILES string of the molecule is O=C(CN1CCN(C(=NCC2CCCCO2)NCCc2ccco2)CC1)NC1CC1. The van der Waals surface area contributed by atoms with Gasteiger partial charge >= 0.3 is 0 Å². The Labute approximate surface area is 179 Å². The van der Waals surface area contributed by atoms with Gasteiger partial charge < -0.3 is 24.7 Å². The molecule has 1 saturated carbocycles. The van der Waals surface area contributed by atoms with Crippen LogP contribution in [0, 0.1) is 0 Å². The Morgan fingerprint density at radius 3 is 2.73 bits per heavy atom. The van der Waals surface area contributed by atoms with Crippen molar-refractivity contribution < 1.29 is 13.9 Å². The standard InChI is InChI=1S/C22H35N5O3/c28-21(25-18-6-7-18)17-26-10-12-27(13-11-26)22(23-9-8-19-5-3-15-29-19)24-16-20-4-1-2-14-30-20/h3,5,15,18,20H,1-2,4,6-14,16-17H2,(H,23,24)(H,25,28). The maximum atomic E-state index is 12.1. The van der Waals surface area contributed by atoms with Crippen molar-refractivity contribution in [2.45, 2.75) is 50.7 Å². The van der Waals surface area contributed by atoms with Crippen LogP contribution in [0.1, 0.15) is 37.9 Å². The Morgan fingerprint density at radius 1 is 1.17 bits per heavy atom. The van der Waals surface area contributed by atoms with E-state index in [1.165, 1.54) is 6.42 Å². The van der Waals surface area contributed by atoms with E-state index in [-0.39, 0.29) is 12.0 Å². The van der Waals surface area contributed by atoms with Gasteiger partial charge in [-0.25, -0.2) is 0 Å². The van der Waals surface area contributed by atoms with Crippen LogP contribution in [0.2, 0.25) is 0 Å². The lowest BCUT2D eigenvalue weighted by atomic mass is 10.1. The molecule has 166 valence electrons. The van der Waals surface area contributed by atoms with E-state index in [1.54, 1.807) is 6.26 Å². The molecule has 0 spiro atoms. The topological polar surface area (TPSA) is 82.3 Å². The number of rotatable bonds is 8. The molecule has 0 radical (unpaired) electrons. The van der Waals surface area contributed by atoms with Gasteiger partial charge in [0.05, 0.1) is 25.5 Å². The first-order chi connectivity index (χ1) is 14.8. The number of hydrogen-bond acceptors (Lipinski definition) is 5. The average molecular weight is 418 g/mol. The van der Waals surface area contributed by atoms with Crippen molar-refractivity contribution in [3.8, 4) is 0 Å². The Balaban J connectivity index is 1.27. The van der Waals surface area contributed by atoms with Gasteiger partial charge in [0.15, 0.2) is 5.96 Å². The fourth-order valence-electron chi connectivity index (χ4n) is 3.98. The van der Waals surface area contributed by atoms with Gasteiger partial charge in [-0.2, -0.15) is 0 Å². The zero-order chi connectivity index (χ0) is 20.6. The highest BCUT2D eigenvalue weighted by molar-refractivity contribution is 5.80. The van der Waals surface area contributed by atoms with E-state index in [9.17, 15) is 4.79 Å². The highest BCUT2D eigenvalue weighted by Crippen LogP contribution is 2.18. The zero-order valence-corrected chi connectivity index (χ0v) is 17.9. The summed E-state index contributed by atoms with van der Waals surface area (Å²) in [5, 5.41) is 6.60. The molecule has 1 unspecified atom stereocenters. The van der Waals surface area contributed by atoms with Crippen molar-refractivity contribution in [1.82, 2.24) is 20.4 Å². The van der Waals surface area contributed by atoms with Crippen molar-refractivity contribution in [2.24, 2.45) is 4.99 Å². The molecule has 3 fully saturated rings. The summed E-state index contributed by atoms with van der Waals surface area (Å²) in [6.45, 7) is 6.31. The van der Waals surface area contributed by atoms with E-state index < -0.39 is 0 Å². The molecule has 2 saturated heterocycles. The molecule has 1 aliphatic carbocycles. The molecule has 1 amide bonds. The van der Waals surface area contributed by atoms with Crippen LogP contribution in [0.25, 0.3) is 0 Å². The number of aliphatic imine (C=N–C) groups is 1. The van der Waals surface area contributed by atoms with Crippen molar-refractivity contribution in [3.63, 3.8) is 0 Å². The number of carbonyl (C=O) groups excluding carboxylic acids is 1. The van der Waals surface area contributed by atoms with Gasteiger partial charge in [-0.15, -0.1) is 0 Å². The molecule has 8 heteroatoms. The molecule has 2 N–H and O–H groups in total. The summed E-state index contributed by atoms with van der Waals surface area (Å²) in [6, 6.07) is 4.35. The summed E-state index contributed by atoms with van der Waals surface area (Å²) in [7, 11) is 0. The average Bonchev–Trinajstić information content (AvgIpc) is 3.42. The maximum Gasteiger partial charge on any atom is 0.234 e. The number of furan rings is 1. The van der Waals surface area contributed by atoms with Crippen LogP contribution >= 0.6 is 0 Å². The first-order valence-electron chi connectivity index (χ1n) is 11.5. The summed E-state index contributed by atoms with van der Waals surface area (Å²) in [5.74, 6) is 2.08. The zero-order valence-electron chi connectivity index (χ0n) is 17.9. The predicted molar refractivity (Wildman–Crippen MR) is 115 cm³/mol. The normalized spacial score (nSPS) is 23.4.